The molecule has 1 aromatic rings. The zero-order valence-corrected chi connectivity index (χ0v) is 12.1. The predicted molar refractivity (Wildman–Crippen MR) is 73.2 cm³/mol. The number of rotatable bonds is 2. The van der Waals surface area contributed by atoms with Crippen molar-refractivity contribution in [1.29, 1.82) is 0 Å². The second-order valence-electron chi connectivity index (χ2n) is 5.77. The molecule has 4 nitrogen and oxygen atoms in total. The van der Waals surface area contributed by atoms with E-state index in [1.807, 2.05) is 6.92 Å². The van der Waals surface area contributed by atoms with Gasteiger partial charge in [0.05, 0.1) is 0 Å². The van der Waals surface area contributed by atoms with Gasteiger partial charge in [0.15, 0.2) is 0 Å². The lowest BCUT2D eigenvalue weighted by atomic mass is 9.82. The van der Waals surface area contributed by atoms with Gasteiger partial charge in [-0.15, -0.1) is 0 Å². The third-order valence-corrected chi connectivity index (χ3v) is 6.51. The maximum atomic E-state index is 12.7. The summed E-state index contributed by atoms with van der Waals surface area (Å²) in [5, 5.41) is 0. The van der Waals surface area contributed by atoms with Crippen LogP contribution in [-0.4, -0.2) is 30.8 Å². The van der Waals surface area contributed by atoms with E-state index in [0.29, 0.717) is 29.8 Å². The van der Waals surface area contributed by atoms with Gasteiger partial charge in [0.25, 0.3) is 0 Å². The summed E-state index contributed by atoms with van der Waals surface area (Å²) in [6.45, 7) is 3.22. The Hall–Kier alpha value is -0.940. The summed E-state index contributed by atoms with van der Waals surface area (Å²) in [6.07, 6.45) is 7.98. The summed E-state index contributed by atoms with van der Waals surface area (Å²) >= 11 is 0. The predicted octanol–water partition coefficient (Wildman–Crippen LogP) is 2.20. The van der Waals surface area contributed by atoms with Crippen LogP contribution in [0.25, 0.3) is 0 Å². The average Bonchev–Trinajstić information content (AvgIpc) is 2.83. The number of nitrogens with zero attached hydrogens (tertiary/aromatic N) is 2. The van der Waals surface area contributed by atoms with Crippen LogP contribution in [0.5, 0.6) is 0 Å². The standard InChI is InChI=1S/C14H20N2O2S/c1-11-6-7-15-8-14(11)19(17,18)16-9-12-4-2-3-5-13(12)10-16/h6-8,12-13H,2-5,9-10H2,1H3/t12-,13+. The second-order valence-corrected chi connectivity index (χ2v) is 7.67. The Morgan fingerprint density at radius 2 is 1.84 bits per heavy atom. The van der Waals surface area contributed by atoms with Crippen LogP contribution in [0.4, 0.5) is 0 Å². The third-order valence-electron chi connectivity index (χ3n) is 4.55. The number of hydrogen-bond donors (Lipinski definition) is 0. The van der Waals surface area contributed by atoms with Gasteiger partial charge in [-0.05, 0) is 43.2 Å². The van der Waals surface area contributed by atoms with Crippen molar-refractivity contribution in [2.75, 3.05) is 13.1 Å². The smallest absolute Gasteiger partial charge is 0.244 e. The molecule has 19 heavy (non-hydrogen) atoms. The van der Waals surface area contributed by atoms with Gasteiger partial charge >= 0.3 is 0 Å². The Morgan fingerprint density at radius 1 is 1.21 bits per heavy atom. The minimum absolute atomic E-state index is 0.369. The second kappa shape index (κ2) is 4.87. The molecule has 0 spiro atoms. The molecule has 0 aromatic carbocycles. The van der Waals surface area contributed by atoms with E-state index in [2.05, 4.69) is 4.98 Å². The molecule has 104 valence electrons. The third kappa shape index (κ3) is 2.30. The largest absolute Gasteiger partial charge is 0.263 e. The van der Waals surface area contributed by atoms with Crippen LogP contribution in [0.2, 0.25) is 0 Å². The van der Waals surface area contributed by atoms with Gasteiger partial charge in [-0.25, -0.2) is 8.42 Å². The Kier molecular flexibility index (Phi) is 3.35. The Morgan fingerprint density at radius 3 is 2.42 bits per heavy atom. The molecular formula is C14H20N2O2S. The van der Waals surface area contributed by atoms with Crippen molar-refractivity contribution in [3.05, 3.63) is 24.0 Å². The van der Waals surface area contributed by atoms with E-state index in [-0.39, 0.29) is 0 Å². The number of sulfonamides is 1. The van der Waals surface area contributed by atoms with Gasteiger partial charge in [0, 0.05) is 25.5 Å². The molecule has 1 aliphatic heterocycles. The summed E-state index contributed by atoms with van der Waals surface area (Å²) in [4.78, 5) is 4.34. The fraction of sp³-hybridized carbons (Fsp3) is 0.643. The molecule has 2 heterocycles. The summed E-state index contributed by atoms with van der Waals surface area (Å²) in [5.41, 5.74) is 0.782. The van der Waals surface area contributed by atoms with Crippen molar-refractivity contribution in [1.82, 2.24) is 9.29 Å². The first-order valence-corrected chi connectivity index (χ1v) is 8.44. The molecule has 2 aliphatic rings. The molecule has 3 rings (SSSR count). The van der Waals surface area contributed by atoms with E-state index in [9.17, 15) is 8.42 Å². The van der Waals surface area contributed by atoms with Crippen molar-refractivity contribution in [2.45, 2.75) is 37.5 Å². The van der Waals surface area contributed by atoms with Gasteiger partial charge in [0.1, 0.15) is 4.90 Å². The highest BCUT2D eigenvalue weighted by Gasteiger charge is 2.40. The van der Waals surface area contributed by atoms with Crippen LogP contribution in [0, 0.1) is 18.8 Å². The minimum atomic E-state index is -3.36. The van der Waals surface area contributed by atoms with Crippen molar-refractivity contribution in [2.24, 2.45) is 11.8 Å². The maximum absolute atomic E-state index is 12.7. The number of aromatic nitrogens is 1. The number of hydrogen-bond acceptors (Lipinski definition) is 3. The lowest BCUT2D eigenvalue weighted by Gasteiger charge is -2.22. The molecule has 2 atom stereocenters. The molecule has 0 amide bonds. The van der Waals surface area contributed by atoms with E-state index < -0.39 is 10.0 Å². The van der Waals surface area contributed by atoms with Crippen LogP contribution in [0.3, 0.4) is 0 Å². The molecular weight excluding hydrogens is 260 g/mol. The molecule has 0 unspecified atom stereocenters. The van der Waals surface area contributed by atoms with E-state index in [1.165, 1.54) is 31.9 Å². The first-order valence-electron chi connectivity index (χ1n) is 7.00. The highest BCUT2D eigenvalue weighted by atomic mass is 32.2. The van der Waals surface area contributed by atoms with E-state index in [1.54, 1.807) is 16.6 Å². The topological polar surface area (TPSA) is 50.3 Å². The summed E-state index contributed by atoms with van der Waals surface area (Å²) in [5.74, 6) is 1.14. The van der Waals surface area contributed by atoms with Crippen LogP contribution >= 0.6 is 0 Å². The first kappa shape index (κ1) is 13.1. The van der Waals surface area contributed by atoms with Gasteiger partial charge in [0.2, 0.25) is 10.0 Å². The van der Waals surface area contributed by atoms with Gasteiger partial charge in [-0.2, -0.15) is 4.31 Å². The highest BCUT2D eigenvalue weighted by molar-refractivity contribution is 7.89. The van der Waals surface area contributed by atoms with Crippen molar-refractivity contribution in [3.8, 4) is 0 Å². The lowest BCUT2D eigenvalue weighted by molar-refractivity contribution is 0.299. The van der Waals surface area contributed by atoms with Gasteiger partial charge in [-0.1, -0.05) is 12.8 Å². The van der Waals surface area contributed by atoms with E-state index in [0.717, 1.165) is 5.56 Å². The Labute approximate surface area is 114 Å². The Balaban J connectivity index is 1.88. The SMILES string of the molecule is Cc1ccncc1S(=O)(=O)N1C[C@H]2CCCC[C@H]2C1. The number of aryl methyl sites for hydroxylation is 1. The molecule has 5 heteroatoms. The zero-order chi connectivity index (χ0) is 13.5. The molecule has 0 radical (unpaired) electrons. The Bertz CT molecular complexity index is 557. The van der Waals surface area contributed by atoms with Crippen LogP contribution in [0.15, 0.2) is 23.4 Å². The van der Waals surface area contributed by atoms with Gasteiger partial charge in [-0.3, -0.25) is 4.98 Å². The summed E-state index contributed by atoms with van der Waals surface area (Å²) in [7, 11) is -3.36. The fourth-order valence-corrected chi connectivity index (χ4v) is 5.14. The molecule has 0 bridgehead atoms. The van der Waals surface area contributed by atoms with Gasteiger partial charge < -0.3 is 0 Å². The van der Waals surface area contributed by atoms with Crippen LogP contribution in [-0.2, 0) is 10.0 Å². The van der Waals surface area contributed by atoms with Crippen molar-refractivity contribution >= 4 is 10.0 Å². The molecule has 0 N–H and O–H groups in total. The molecule has 1 aliphatic carbocycles. The van der Waals surface area contributed by atoms with E-state index >= 15 is 0 Å². The number of fused-ring (bicyclic) bond motifs is 1. The number of pyridine rings is 1. The maximum Gasteiger partial charge on any atom is 0.244 e. The fourth-order valence-electron chi connectivity index (χ4n) is 3.42. The molecule has 1 aromatic heterocycles. The average molecular weight is 280 g/mol. The molecule has 1 saturated carbocycles. The van der Waals surface area contributed by atoms with Crippen LogP contribution < -0.4 is 0 Å². The highest BCUT2D eigenvalue weighted by Crippen LogP contribution is 2.38. The lowest BCUT2D eigenvalue weighted by Crippen LogP contribution is -2.29. The van der Waals surface area contributed by atoms with E-state index in [4.69, 9.17) is 0 Å². The zero-order valence-electron chi connectivity index (χ0n) is 11.2. The quantitative estimate of drug-likeness (QED) is 0.834. The molecule has 1 saturated heterocycles. The van der Waals surface area contributed by atoms with Crippen molar-refractivity contribution in [3.63, 3.8) is 0 Å². The van der Waals surface area contributed by atoms with Crippen LogP contribution in [0.1, 0.15) is 31.2 Å². The minimum Gasteiger partial charge on any atom is -0.263 e. The monoisotopic (exact) mass is 280 g/mol. The normalized spacial score (nSPS) is 28.3. The molecule has 2 fully saturated rings. The summed E-state index contributed by atoms with van der Waals surface area (Å²) < 4.78 is 27.0. The summed E-state index contributed by atoms with van der Waals surface area (Å²) in [6, 6.07) is 1.76. The van der Waals surface area contributed by atoms with Crippen molar-refractivity contribution < 1.29 is 8.42 Å². The first-order chi connectivity index (χ1) is 9.09.